The van der Waals surface area contributed by atoms with Gasteiger partial charge in [0.2, 0.25) is 5.91 Å². The number of hydrogen-bond acceptors (Lipinski definition) is 3. The average Bonchev–Trinajstić information content (AvgIpc) is 3.29. The van der Waals surface area contributed by atoms with Crippen LogP contribution in [0.2, 0.25) is 0 Å². The molecule has 3 rings (SSSR count). The molecular weight excluding hydrogens is 409 g/mol. The van der Waals surface area contributed by atoms with Crippen molar-refractivity contribution < 1.29 is 31.2 Å². The molecule has 5 nitrogen and oxygen atoms in total. The summed E-state index contributed by atoms with van der Waals surface area (Å²) in [5, 5.41) is 6.55. The van der Waals surface area contributed by atoms with Crippen LogP contribution in [0.4, 0.5) is 27.6 Å². The molecule has 2 heterocycles. The van der Waals surface area contributed by atoms with E-state index < -0.39 is 29.3 Å². The lowest BCUT2D eigenvalue weighted by Crippen LogP contribution is -2.07. The van der Waals surface area contributed by atoms with Gasteiger partial charge in [0.25, 0.3) is 0 Å². The van der Waals surface area contributed by atoms with Gasteiger partial charge >= 0.3 is 12.1 Å². The van der Waals surface area contributed by atoms with Crippen LogP contribution in [0.3, 0.4) is 0 Å². The minimum atomic E-state index is -4.42. The molecule has 0 saturated carbocycles. The second-order valence-corrected chi connectivity index (χ2v) is 6.52. The number of rotatable bonds is 6. The maximum Gasteiger partial charge on any atom is 0.416 e. The standard InChI is InChI=1S/C20H16F5N3O2/c1-19(21,22)17-8-7-16(30-17)12-28-11-15(10-26-28)27-18(29)9-4-13-2-5-14(6-3-13)20(23,24)25/h2-11H,12H2,1H3,(H,27,29)/b9-4-. The zero-order chi connectivity index (χ0) is 21.9. The van der Waals surface area contributed by atoms with E-state index in [4.69, 9.17) is 4.42 Å². The fourth-order valence-electron chi connectivity index (χ4n) is 2.51. The molecule has 0 radical (unpaired) electrons. The molecular formula is C20H16F5N3O2. The van der Waals surface area contributed by atoms with Gasteiger partial charge in [0.1, 0.15) is 5.76 Å². The van der Waals surface area contributed by atoms with Crippen molar-refractivity contribution >= 4 is 17.7 Å². The number of nitrogens with one attached hydrogen (secondary N) is 1. The predicted molar refractivity (Wildman–Crippen MR) is 98.7 cm³/mol. The molecule has 0 aliphatic rings. The lowest BCUT2D eigenvalue weighted by atomic mass is 10.1. The van der Waals surface area contributed by atoms with Crippen molar-refractivity contribution in [3.8, 4) is 0 Å². The lowest BCUT2D eigenvalue weighted by molar-refractivity contribution is -0.137. The molecule has 10 heteroatoms. The van der Waals surface area contributed by atoms with Gasteiger partial charge < -0.3 is 9.73 Å². The smallest absolute Gasteiger partial charge is 0.416 e. The molecule has 1 aromatic carbocycles. The Labute approximate surface area is 167 Å². The molecule has 0 aliphatic heterocycles. The number of hydrogen-bond donors (Lipinski definition) is 1. The van der Waals surface area contributed by atoms with Crippen LogP contribution < -0.4 is 5.32 Å². The fourth-order valence-corrected chi connectivity index (χ4v) is 2.51. The van der Waals surface area contributed by atoms with Crippen molar-refractivity contribution in [2.45, 2.75) is 25.6 Å². The Morgan fingerprint density at radius 1 is 1.13 bits per heavy atom. The maximum absolute atomic E-state index is 13.2. The number of alkyl halides is 5. The molecule has 30 heavy (non-hydrogen) atoms. The number of nitrogens with zero attached hydrogens (tertiary/aromatic N) is 2. The lowest BCUT2D eigenvalue weighted by Gasteiger charge is -2.05. The van der Waals surface area contributed by atoms with Crippen LogP contribution >= 0.6 is 0 Å². The van der Waals surface area contributed by atoms with Crippen LogP contribution in [0, 0.1) is 0 Å². The van der Waals surface area contributed by atoms with Crippen LogP contribution in [0.25, 0.3) is 6.08 Å². The Morgan fingerprint density at radius 3 is 2.43 bits per heavy atom. The second kappa shape index (κ2) is 8.13. The number of anilines is 1. The summed E-state index contributed by atoms with van der Waals surface area (Å²) in [6, 6.07) is 6.96. The normalized spacial score (nSPS) is 12.5. The van der Waals surface area contributed by atoms with Crippen LogP contribution in [0.1, 0.15) is 29.6 Å². The number of furan rings is 1. The summed E-state index contributed by atoms with van der Waals surface area (Å²) in [6.45, 7) is 0.822. The molecule has 0 bridgehead atoms. The minimum absolute atomic E-state index is 0.0906. The molecule has 158 valence electrons. The quantitative estimate of drug-likeness (QED) is 0.430. The van der Waals surface area contributed by atoms with E-state index in [1.54, 1.807) is 0 Å². The highest BCUT2D eigenvalue weighted by molar-refractivity contribution is 6.01. The molecule has 0 fully saturated rings. The third-order valence-corrected chi connectivity index (χ3v) is 3.98. The number of carbonyl (C=O) groups excluding carboxylic acids is 1. The summed E-state index contributed by atoms with van der Waals surface area (Å²) in [7, 11) is 0. The third kappa shape index (κ3) is 5.56. The molecule has 2 aromatic heterocycles. The summed E-state index contributed by atoms with van der Waals surface area (Å²) in [6.07, 6.45) is 0.962. The Hall–Kier alpha value is -3.43. The van der Waals surface area contributed by atoms with Crippen LogP contribution in [0.15, 0.2) is 59.3 Å². The molecule has 3 aromatic rings. The van der Waals surface area contributed by atoms with Crippen LogP contribution in [0.5, 0.6) is 0 Å². The van der Waals surface area contributed by atoms with Gasteiger partial charge in [0.05, 0.1) is 24.0 Å². The Balaban J connectivity index is 1.57. The number of amides is 1. The molecule has 0 aliphatic carbocycles. The van der Waals surface area contributed by atoms with E-state index in [0.717, 1.165) is 19.1 Å². The van der Waals surface area contributed by atoms with E-state index in [9.17, 15) is 26.7 Å². The maximum atomic E-state index is 13.2. The highest BCUT2D eigenvalue weighted by Gasteiger charge is 2.30. The molecule has 0 saturated heterocycles. The molecule has 1 amide bonds. The zero-order valence-electron chi connectivity index (χ0n) is 15.6. The minimum Gasteiger partial charge on any atom is -0.458 e. The van der Waals surface area contributed by atoms with Crippen molar-refractivity contribution in [3.63, 3.8) is 0 Å². The summed E-state index contributed by atoms with van der Waals surface area (Å²) in [5.74, 6) is -3.78. The van der Waals surface area contributed by atoms with E-state index >= 15 is 0 Å². The first-order chi connectivity index (χ1) is 14.0. The first-order valence-electron chi connectivity index (χ1n) is 8.66. The zero-order valence-corrected chi connectivity index (χ0v) is 15.6. The molecule has 0 unspecified atom stereocenters. The Morgan fingerprint density at radius 2 is 1.83 bits per heavy atom. The summed E-state index contributed by atoms with van der Waals surface area (Å²) < 4.78 is 70.5. The average molecular weight is 425 g/mol. The van der Waals surface area contributed by atoms with Crippen molar-refractivity contribution in [1.82, 2.24) is 9.78 Å². The third-order valence-electron chi connectivity index (χ3n) is 3.98. The Kier molecular flexibility index (Phi) is 5.77. The SMILES string of the molecule is CC(F)(F)c1ccc(Cn2cc(NC(=O)/C=C\c3ccc(C(F)(F)F)cc3)cn2)o1. The number of halogens is 5. The van der Waals surface area contributed by atoms with E-state index in [2.05, 4.69) is 10.4 Å². The van der Waals surface area contributed by atoms with Gasteiger partial charge in [-0.25, -0.2) is 0 Å². The second-order valence-electron chi connectivity index (χ2n) is 6.52. The van der Waals surface area contributed by atoms with Gasteiger partial charge in [0, 0.05) is 19.2 Å². The first-order valence-corrected chi connectivity index (χ1v) is 8.66. The number of carbonyl (C=O) groups is 1. The summed E-state index contributed by atoms with van der Waals surface area (Å²) in [5.41, 5.74) is 0.00251. The van der Waals surface area contributed by atoms with Crippen molar-refractivity contribution in [2.75, 3.05) is 5.32 Å². The van der Waals surface area contributed by atoms with Gasteiger partial charge in [-0.05, 0) is 35.9 Å². The van der Waals surface area contributed by atoms with Gasteiger partial charge in [-0.3, -0.25) is 9.48 Å². The number of benzene rings is 1. The first kappa shape index (κ1) is 21.3. The van der Waals surface area contributed by atoms with Crippen molar-refractivity contribution in [1.29, 1.82) is 0 Å². The molecule has 0 atom stereocenters. The van der Waals surface area contributed by atoms with Crippen molar-refractivity contribution in [3.05, 3.63) is 77.5 Å². The van der Waals surface area contributed by atoms with E-state index in [-0.39, 0.29) is 12.3 Å². The van der Waals surface area contributed by atoms with E-state index in [0.29, 0.717) is 11.3 Å². The van der Waals surface area contributed by atoms with Crippen LogP contribution in [-0.4, -0.2) is 15.7 Å². The summed E-state index contributed by atoms with van der Waals surface area (Å²) in [4.78, 5) is 12.0. The largest absolute Gasteiger partial charge is 0.458 e. The van der Waals surface area contributed by atoms with Gasteiger partial charge in [-0.1, -0.05) is 12.1 Å². The molecule has 1 N–H and O–H groups in total. The van der Waals surface area contributed by atoms with Gasteiger partial charge in [-0.15, -0.1) is 0 Å². The highest BCUT2D eigenvalue weighted by Crippen LogP contribution is 2.29. The fraction of sp³-hybridized carbons (Fsp3) is 0.200. The molecule has 0 spiro atoms. The Bertz CT molecular complexity index is 1040. The van der Waals surface area contributed by atoms with E-state index in [1.807, 2.05) is 0 Å². The van der Waals surface area contributed by atoms with E-state index in [1.165, 1.54) is 53.5 Å². The topological polar surface area (TPSA) is 60.1 Å². The van der Waals surface area contributed by atoms with Crippen molar-refractivity contribution in [2.24, 2.45) is 0 Å². The number of aromatic nitrogens is 2. The predicted octanol–water partition coefficient (Wildman–Crippen LogP) is 5.31. The van der Waals surface area contributed by atoms with Gasteiger partial charge in [-0.2, -0.15) is 27.1 Å². The van der Waals surface area contributed by atoms with Crippen LogP contribution in [-0.2, 0) is 23.4 Å². The van der Waals surface area contributed by atoms with Gasteiger partial charge in [0.15, 0.2) is 5.76 Å². The highest BCUT2D eigenvalue weighted by atomic mass is 19.4. The monoisotopic (exact) mass is 425 g/mol. The summed E-state index contributed by atoms with van der Waals surface area (Å²) >= 11 is 0.